The van der Waals surface area contributed by atoms with Crippen LogP contribution in [-0.2, 0) is 0 Å². The maximum atomic E-state index is 13.6. The summed E-state index contributed by atoms with van der Waals surface area (Å²) in [6, 6.07) is 4.73. The van der Waals surface area contributed by atoms with E-state index in [9.17, 15) is 18.7 Å². The van der Waals surface area contributed by atoms with Crippen molar-refractivity contribution in [1.82, 2.24) is 0 Å². The van der Waals surface area contributed by atoms with Crippen LogP contribution >= 0.6 is 0 Å². The van der Waals surface area contributed by atoms with Crippen LogP contribution in [0.2, 0.25) is 0 Å². The molecule has 1 aliphatic carbocycles. The van der Waals surface area contributed by atoms with Gasteiger partial charge in [-0.2, -0.15) is 0 Å². The molecule has 3 rings (SSSR count). The topological polar surface area (TPSA) is 59.7 Å². The summed E-state index contributed by atoms with van der Waals surface area (Å²) in [5.41, 5.74) is 0.514. The number of fused-ring (bicyclic) bond motifs is 1. The number of alkyl halides is 2. The number of aryl methyl sites for hydroxylation is 1. The van der Waals surface area contributed by atoms with Gasteiger partial charge >= 0.3 is 5.97 Å². The third-order valence-electron chi connectivity index (χ3n) is 4.16. The largest absolute Gasteiger partial charge is 0.493 e. The molecular weight excluding hydrogens is 294 g/mol. The Labute approximate surface area is 125 Å². The normalized spacial score (nSPS) is 20.4. The highest BCUT2D eigenvalue weighted by molar-refractivity contribution is 6.03. The predicted molar refractivity (Wildman–Crippen MR) is 75.7 cm³/mol. The first-order valence-electron chi connectivity index (χ1n) is 7.15. The number of rotatable bonds is 4. The summed E-state index contributed by atoms with van der Waals surface area (Å²) in [6.45, 7) is 1.50. The molecule has 1 N–H and O–H groups in total. The highest BCUT2D eigenvalue weighted by Crippen LogP contribution is 2.40. The van der Waals surface area contributed by atoms with Gasteiger partial charge in [0.1, 0.15) is 22.7 Å². The van der Waals surface area contributed by atoms with Crippen molar-refractivity contribution in [3.05, 3.63) is 29.5 Å². The molecule has 0 spiro atoms. The van der Waals surface area contributed by atoms with Crippen molar-refractivity contribution in [3.8, 4) is 5.75 Å². The van der Waals surface area contributed by atoms with Crippen LogP contribution in [0.5, 0.6) is 5.75 Å². The molecule has 1 aromatic heterocycles. The van der Waals surface area contributed by atoms with Crippen LogP contribution in [0.4, 0.5) is 8.78 Å². The number of carboxylic acid groups (broad SMARTS) is 1. The van der Waals surface area contributed by atoms with Crippen LogP contribution in [0.25, 0.3) is 11.0 Å². The number of benzene rings is 1. The average Bonchev–Trinajstić information content (AvgIpc) is 2.94. The summed E-state index contributed by atoms with van der Waals surface area (Å²) < 4.78 is 38.0. The number of carbonyl (C=O) groups is 1. The second-order valence-electron chi connectivity index (χ2n) is 5.66. The van der Waals surface area contributed by atoms with Gasteiger partial charge in [-0.25, -0.2) is 13.6 Å². The Morgan fingerprint density at radius 3 is 2.91 bits per heavy atom. The fourth-order valence-electron chi connectivity index (χ4n) is 2.96. The monoisotopic (exact) mass is 310 g/mol. The number of halogens is 2. The molecule has 1 saturated carbocycles. The summed E-state index contributed by atoms with van der Waals surface area (Å²) in [4.78, 5) is 11.3. The third kappa shape index (κ3) is 2.53. The molecule has 1 aromatic carbocycles. The summed E-state index contributed by atoms with van der Waals surface area (Å²) in [5, 5.41) is 9.63. The Morgan fingerprint density at radius 2 is 2.27 bits per heavy atom. The number of hydrogen-bond donors (Lipinski definition) is 1. The van der Waals surface area contributed by atoms with Crippen molar-refractivity contribution in [1.29, 1.82) is 0 Å². The Hall–Kier alpha value is -2.11. The lowest BCUT2D eigenvalue weighted by atomic mass is 10.1. The highest BCUT2D eigenvalue weighted by atomic mass is 19.3. The fraction of sp³-hybridized carbons (Fsp3) is 0.438. The number of ether oxygens (including phenoxy) is 1. The molecule has 0 bridgehead atoms. The fourth-order valence-corrected chi connectivity index (χ4v) is 2.96. The molecule has 4 nitrogen and oxygen atoms in total. The van der Waals surface area contributed by atoms with E-state index in [2.05, 4.69) is 0 Å². The van der Waals surface area contributed by atoms with Gasteiger partial charge in [-0.05, 0) is 38.0 Å². The first-order chi connectivity index (χ1) is 10.4. The van der Waals surface area contributed by atoms with Crippen LogP contribution < -0.4 is 4.74 Å². The van der Waals surface area contributed by atoms with Crippen LogP contribution in [0.15, 0.2) is 22.6 Å². The Bertz CT molecular complexity index is 720. The third-order valence-corrected chi connectivity index (χ3v) is 4.16. The molecule has 0 aliphatic heterocycles. The molecule has 1 heterocycles. The van der Waals surface area contributed by atoms with E-state index in [1.807, 2.05) is 0 Å². The first kappa shape index (κ1) is 14.8. The zero-order valence-electron chi connectivity index (χ0n) is 12.1. The van der Waals surface area contributed by atoms with Crippen LogP contribution in [0.3, 0.4) is 0 Å². The predicted octanol–water partition coefficient (Wildman–Crippen LogP) is 4.25. The summed E-state index contributed by atoms with van der Waals surface area (Å²) in [5.74, 6) is -3.87. The number of hydrogen-bond acceptors (Lipinski definition) is 3. The van der Waals surface area contributed by atoms with Crippen LogP contribution in [-0.4, -0.2) is 23.6 Å². The molecule has 6 heteroatoms. The van der Waals surface area contributed by atoms with E-state index in [0.717, 1.165) is 0 Å². The summed E-state index contributed by atoms with van der Waals surface area (Å²) in [6.07, 6.45) is 0.856. The van der Waals surface area contributed by atoms with E-state index in [4.69, 9.17) is 9.15 Å². The minimum Gasteiger partial charge on any atom is -0.493 e. The Kier molecular flexibility index (Phi) is 3.54. The molecule has 1 unspecified atom stereocenters. The Balaban J connectivity index is 1.83. The van der Waals surface area contributed by atoms with Gasteiger partial charge in [0.05, 0.1) is 12.5 Å². The number of carboxylic acids is 1. The van der Waals surface area contributed by atoms with Crippen LogP contribution in [0.1, 0.15) is 35.4 Å². The molecule has 2 aromatic rings. The van der Waals surface area contributed by atoms with Crippen molar-refractivity contribution in [2.45, 2.75) is 32.1 Å². The molecular formula is C16H16F2O4. The zero-order valence-corrected chi connectivity index (χ0v) is 12.1. The number of aromatic carboxylic acids is 1. The maximum Gasteiger partial charge on any atom is 0.339 e. The zero-order chi connectivity index (χ0) is 15.9. The van der Waals surface area contributed by atoms with Crippen molar-refractivity contribution >= 4 is 16.9 Å². The quantitative estimate of drug-likeness (QED) is 0.917. The average molecular weight is 310 g/mol. The molecule has 1 fully saturated rings. The lowest BCUT2D eigenvalue weighted by molar-refractivity contribution is -0.0505. The van der Waals surface area contributed by atoms with Gasteiger partial charge in [0.25, 0.3) is 5.92 Å². The highest BCUT2D eigenvalue weighted by Gasteiger charge is 2.44. The molecule has 22 heavy (non-hydrogen) atoms. The van der Waals surface area contributed by atoms with E-state index >= 15 is 0 Å². The van der Waals surface area contributed by atoms with Gasteiger partial charge < -0.3 is 14.3 Å². The van der Waals surface area contributed by atoms with Gasteiger partial charge in [0.2, 0.25) is 0 Å². The van der Waals surface area contributed by atoms with Crippen molar-refractivity contribution in [2.75, 3.05) is 6.61 Å². The molecule has 1 aliphatic rings. The lowest BCUT2D eigenvalue weighted by Gasteiger charge is -2.19. The van der Waals surface area contributed by atoms with Gasteiger partial charge in [0.15, 0.2) is 0 Å². The second-order valence-corrected chi connectivity index (χ2v) is 5.66. The molecule has 1 atom stereocenters. The van der Waals surface area contributed by atoms with Gasteiger partial charge in [-0.15, -0.1) is 0 Å². The van der Waals surface area contributed by atoms with E-state index in [1.54, 1.807) is 19.1 Å². The molecule has 0 radical (unpaired) electrons. The maximum absolute atomic E-state index is 13.6. The molecule has 0 saturated heterocycles. The standard InChI is InChI=1S/C16H16F2O4/c1-9-14(15(19)20)12-7-11(4-5-13(12)22-9)21-8-10-3-2-6-16(10,17)18/h4-5,7,10H,2-3,6,8H2,1H3,(H,19,20). The summed E-state index contributed by atoms with van der Waals surface area (Å²) >= 11 is 0. The first-order valence-corrected chi connectivity index (χ1v) is 7.15. The van der Waals surface area contributed by atoms with E-state index in [1.165, 1.54) is 6.07 Å². The second kappa shape index (κ2) is 5.26. The number of furan rings is 1. The van der Waals surface area contributed by atoms with E-state index < -0.39 is 17.8 Å². The smallest absolute Gasteiger partial charge is 0.339 e. The van der Waals surface area contributed by atoms with Gasteiger partial charge in [-0.3, -0.25) is 0 Å². The SMILES string of the molecule is Cc1oc2ccc(OCC3CCCC3(F)F)cc2c1C(=O)O. The lowest BCUT2D eigenvalue weighted by Crippen LogP contribution is -2.27. The van der Waals surface area contributed by atoms with Crippen molar-refractivity contribution < 1.29 is 27.8 Å². The summed E-state index contributed by atoms with van der Waals surface area (Å²) in [7, 11) is 0. The van der Waals surface area contributed by atoms with Crippen molar-refractivity contribution in [3.63, 3.8) is 0 Å². The van der Waals surface area contributed by atoms with E-state index in [-0.39, 0.29) is 18.6 Å². The van der Waals surface area contributed by atoms with Gasteiger partial charge in [-0.1, -0.05) is 0 Å². The molecule has 118 valence electrons. The molecule has 0 amide bonds. The van der Waals surface area contributed by atoms with E-state index in [0.29, 0.717) is 35.3 Å². The van der Waals surface area contributed by atoms with Crippen LogP contribution in [0, 0.1) is 12.8 Å². The Morgan fingerprint density at radius 1 is 1.50 bits per heavy atom. The van der Waals surface area contributed by atoms with Crippen molar-refractivity contribution in [2.24, 2.45) is 5.92 Å². The minimum absolute atomic E-state index is 0.0717. The minimum atomic E-state index is -2.68. The van der Waals surface area contributed by atoms with Gasteiger partial charge in [0, 0.05) is 11.8 Å².